The standard InChI is InChI=1S/C21H22N2O4/c1-23(2)7-8-27-12-5-6-13-16(9-12)22-20-14-10-17(25-3)18(26-4)11-15(14)21(24)19(13)20/h5-6,9-11,22H,7-8H2,1-4H3. The number of aromatic amines is 1. The van der Waals surface area contributed by atoms with E-state index in [1.165, 1.54) is 0 Å². The number of nitrogens with zero attached hydrogens (tertiary/aromatic N) is 1. The van der Waals surface area contributed by atoms with Crippen molar-refractivity contribution in [2.24, 2.45) is 0 Å². The number of hydrogen-bond donors (Lipinski definition) is 1. The third kappa shape index (κ3) is 2.82. The van der Waals surface area contributed by atoms with Crippen molar-refractivity contribution in [3.63, 3.8) is 0 Å². The number of nitrogens with one attached hydrogen (secondary N) is 1. The van der Waals surface area contributed by atoms with Crippen LogP contribution in [0.4, 0.5) is 0 Å². The van der Waals surface area contributed by atoms with Gasteiger partial charge in [0.15, 0.2) is 17.3 Å². The average Bonchev–Trinajstić information content (AvgIpc) is 3.15. The van der Waals surface area contributed by atoms with Gasteiger partial charge in [-0.15, -0.1) is 0 Å². The molecule has 0 saturated heterocycles. The lowest BCUT2D eigenvalue weighted by atomic mass is 10.1. The van der Waals surface area contributed by atoms with Gasteiger partial charge in [0.2, 0.25) is 0 Å². The number of likely N-dealkylation sites (N-methyl/N-ethyl adjacent to an activating group) is 1. The molecule has 6 heteroatoms. The molecule has 3 aromatic rings. The number of aromatic nitrogens is 1. The Kier molecular flexibility index (Phi) is 4.28. The van der Waals surface area contributed by atoms with Crippen LogP contribution in [-0.4, -0.2) is 57.1 Å². The molecule has 140 valence electrons. The number of methoxy groups -OCH3 is 2. The molecule has 0 spiro atoms. The lowest BCUT2D eigenvalue weighted by Crippen LogP contribution is -2.19. The zero-order valence-electron chi connectivity index (χ0n) is 15.9. The molecule has 0 radical (unpaired) electrons. The summed E-state index contributed by atoms with van der Waals surface area (Å²) < 4.78 is 16.5. The minimum atomic E-state index is -0.00604. The largest absolute Gasteiger partial charge is 0.493 e. The van der Waals surface area contributed by atoms with Crippen molar-refractivity contribution >= 4 is 16.7 Å². The molecule has 27 heavy (non-hydrogen) atoms. The van der Waals surface area contributed by atoms with Gasteiger partial charge in [0.05, 0.1) is 31.0 Å². The fourth-order valence-electron chi connectivity index (χ4n) is 3.46. The van der Waals surface area contributed by atoms with Crippen LogP contribution in [0, 0.1) is 0 Å². The van der Waals surface area contributed by atoms with E-state index in [0.717, 1.165) is 34.5 Å². The number of carbonyl (C=O) groups is 1. The molecular formula is C21H22N2O4. The van der Waals surface area contributed by atoms with Crippen molar-refractivity contribution in [3.05, 3.63) is 41.5 Å². The smallest absolute Gasteiger partial charge is 0.196 e. The summed E-state index contributed by atoms with van der Waals surface area (Å²) in [6, 6.07) is 9.38. The van der Waals surface area contributed by atoms with E-state index in [1.54, 1.807) is 20.3 Å². The van der Waals surface area contributed by atoms with Gasteiger partial charge in [0.1, 0.15) is 12.4 Å². The summed E-state index contributed by atoms with van der Waals surface area (Å²) >= 11 is 0. The van der Waals surface area contributed by atoms with E-state index in [1.807, 2.05) is 38.4 Å². The molecule has 1 aromatic heterocycles. The van der Waals surface area contributed by atoms with Gasteiger partial charge in [0, 0.05) is 29.1 Å². The number of benzene rings is 2. The zero-order valence-corrected chi connectivity index (χ0v) is 15.9. The maximum Gasteiger partial charge on any atom is 0.196 e. The fourth-order valence-corrected chi connectivity index (χ4v) is 3.46. The Morgan fingerprint density at radius 1 is 1.00 bits per heavy atom. The van der Waals surface area contributed by atoms with Gasteiger partial charge >= 0.3 is 0 Å². The Morgan fingerprint density at radius 2 is 1.70 bits per heavy atom. The number of ether oxygens (including phenoxy) is 3. The summed E-state index contributed by atoms with van der Waals surface area (Å²) in [6.07, 6.45) is 0. The minimum Gasteiger partial charge on any atom is -0.493 e. The summed E-state index contributed by atoms with van der Waals surface area (Å²) in [7, 11) is 7.17. The van der Waals surface area contributed by atoms with E-state index in [9.17, 15) is 4.79 Å². The van der Waals surface area contributed by atoms with Crippen LogP contribution in [-0.2, 0) is 0 Å². The van der Waals surface area contributed by atoms with Gasteiger partial charge in [0.25, 0.3) is 0 Å². The first kappa shape index (κ1) is 17.4. The molecule has 0 unspecified atom stereocenters. The monoisotopic (exact) mass is 366 g/mol. The molecule has 1 N–H and O–H groups in total. The highest BCUT2D eigenvalue weighted by Gasteiger charge is 2.32. The van der Waals surface area contributed by atoms with E-state index < -0.39 is 0 Å². The second-order valence-electron chi connectivity index (χ2n) is 6.82. The van der Waals surface area contributed by atoms with Gasteiger partial charge < -0.3 is 24.1 Å². The third-order valence-corrected chi connectivity index (χ3v) is 4.84. The average molecular weight is 366 g/mol. The molecule has 0 saturated carbocycles. The van der Waals surface area contributed by atoms with Gasteiger partial charge in [-0.1, -0.05) is 0 Å². The van der Waals surface area contributed by atoms with Gasteiger partial charge in [-0.2, -0.15) is 0 Å². The fraction of sp³-hybridized carbons (Fsp3) is 0.286. The van der Waals surface area contributed by atoms with E-state index in [4.69, 9.17) is 14.2 Å². The maximum atomic E-state index is 13.0. The van der Waals surface area contributed by atoms with E-state index in [-0.39, 0.29) is 5.78 Å². The first-order chi connectivity index (χ1) is 13.0. The van der Waals surface area contributed by atoms with Crippen molar-refractivity contribution < 1.29 is 19.0 Å². The van der Waals surface area contributed by atoms with Crippen LogP contribution in [0.3, 0.4) is 0 Å². The van der Waals surface area contributed by atoms with Crippen LogP contribution in [0.15, 0.2) is 30.3 Å². The predicted molar refractivity (Wildman–Crippen MR) is 104 cm³/mol. The van der Waals surface area contributed by atoms with Crippen molar-refractivity contribution in [1.29, 1.82) is 0 Å². The molecule has 0 atom stereocenters. The molecular weight excluding hydrogens is 344 g/mol. The Hall–Kier alpha value is -2.99. The molecule has 1 aliphatic rings. The number of carbonyl (C=O) groups excluding carboxylic acids is 1. The van der Waals surface area contributed by atoms with Crippen LogP contribution in [0.1, 0.15) is 15.9 Å². The normalized spacial score (nSPS) is 12.4. The number of hydrogen-bond acceptors (Lipinski definition) is 5. The van der Waals surface area contributed by atoms with Crippen molar-refractivity contribution in [2.75, 3.05) is 41.5 Å². The predicted octanol–water partition coefficient (Wildman–Crippen LogP) is 3.34. The van der Waals surface area contributed by atoms with E-state index in [2.05, 4.69) is 9.88 Å². The number of fused-ring (bicyclic) bond motifs is 5. The maximum absolute atomic E-state index is 13.0. The van der Waals surface area contributed by atoms with Crippen LogP contribution >= 0.6 is 0 Å². The second-order valence-corrected chi connectivity index (χ2v) is 6.82. The molecule has 0 amide bonds. The Bertz CT molecular complexity index is 1040. The molecule has 0 fully saturated rings. The molecule has 6 nitrogen and oxygen atoms in total. The summed E-state index contributed by atoms with van der Waals surface area (Å²) in [5.41, 5.74) is 3.85. The number of ketones is 1. The molecule has 0 bridgehead atoms. The molecule has 1 aliphatic carbocycles. The van der Waals surface area contributed by atoms with Gasteiger partial charge in [-0.25, -0.2) is 0 Å². The summed E-state index contributed by atoms with van der Waals surface area (Å²) in [6.45, 7) is 1.45. The Labute approximate surface area is 157 Å². The molecule has 0 aliphatic heterocycles. The van der Waals surface area contributed by atoms with Crippen molar-refractivity contribution in [2.45, 2.75) is 0 Å². The molecule has 1 heterocycles. The highest BCUT2D eigenvalue weighted by Crippen LogP contribution is 2.45. The van der Waals surface area contributed by atoms with Crippen LogP contribution < -0.4 is 14.2 Å². The SMILES string of the molecule is COc1cc2c(cc1OC)-c1[nH]c3cc(OCCN(C)C)ccc3c1C2=O. The lowest BCUT2D eigenvalue weighted by Gasteiger charge is -2.11. The first-order valence-electron chi connectivity index (χ1n) is 8.78. The Morgan fingerprint density at radius 3 is 2.37 bits per heavy atom. The minimum absolute atomic E-state index is 0.00604. The van der Waals surface area contributed by atoms with Crippen LogP contribution in [0.2, 0.25) is 0 Å². The third-order valence-electron chi connectivity index (χ3n) is 4.84. The van der Waals surface area contributed by atoms with Gasteiger partial charge in [-0.05, 0) is 38.4 Å². The second kappa shape index (κ2) is 6.63. The van der Waals surface area contributed by atoms with Crippen molar-refractivity contribution in [1.82, 2.24) is 9.88 Å². The topological polar surface area (TPSA) is 63.8 Å². The van der Waals surface area contributed by atoms with Gasteiger partial charge in [-0.3, -0.25) is 4.79 Å². The quantitative estimate of drug-likeness (QED) is 0.567. The first-order valence-corrected chi connectivity index (χ1v) is 8.78. The molecule has 2 aromatic carbocycles. The molecule has 4 rings (SSSR count). The summed E-state index contributed by atoms with van der Waals surface area (Å²) in [5.74, 6) is 1.93. The zero-order chi connectivity index (χ0) is 19.1. The Balaban J connectivity index is 1.75. The van der Waals surface area contributed by atoms with E-state index >= 15 is 0 Å². The van der Waals surface area contributed by atoms with Crippen molar-refractivity contribution in [3.8, 4) is 28.5 Å². The lowest BCUT2D eigenvalue weighted by molar-refractivity contribution is 0.104. The van der Waals surface area contributed by atoms with Crippen LogP contribution in [0.5, 0.6) is 17.2 Å². The highest BCUT2D eigenvalue weighted by molar-refractivity contribution is 6.27. The van der Waals surface area contributed by atoms with E-state index in [0.29, 0.717) is 29.2 Å². The summed E-state index contributed by atoms with van der Waals surface area (Å²) in [4.78, 5) is 18.5. The number of H-pyrrole nitrogens is 1. The summed E-state index contributed by atoms with van der Waals surface area (Å²) in [5, 5.41) is 0.893. The highest BCUT2D eigenvalue weighted by atomic mass is 16.5. The van der Waals surface area contributed by atoms with Crippen LogP contribution in [0.25, 0.3) is 22.2 Å². The number of rotatable bonds is 6.